The summed E-state index contributed by atoms with van der Waals surface area (Å²) in [6.45, 7) is 6.89. The number of nitrogen functional groups attached to an aromatic ring is 1. The molecule has 0 bridgehead atoms. The van der Waals surface area contributed by atoms with E-state index in [1.54, 1.807) is 0 Å². The van der Waals surface area contributed by atoms with E-state index in [2.05, 4.69) is 49.1 Å². The van der Waals surface area contributed by atoms with Crippen molar-refractivity contribution in [2.24, 2.45) is 5.92 Å². The van der Waals surface area contributed by atoms with Gasteiger partial charge in [-0.2, -0.15) is 0 Å². The van der Waals surface area contributed by atoms with Gasteiger partial charge in [-0.3, -0.25) is 0 Å². The summed E-state index contributed by atoms with van der Waals surface area (Å²) < 4.78 is 0. The van der Waals surface area contributed by atoms with Gasteiger partial charge in [0.05, 0.1) is 0 Å². The second-order valence-corrected chi connectivity index (χ2v) is 6.50. The van der Waals surface area contributed by atoms with Crippen LogP contribution in [0.3, 0.4) is 0 Å². The topological polar surface area (TPSA) is 29.3 Å². The molecule has 1 aliphatic heterocycles. The number of piperidine rings is 1. The van der Waals surface area contributed by atoms with Crippen LogP contribution in [0, 0.1) is 5.92 Å². The number of hydrogen-bond donors (Lipinski definition) is 1. The van der Waals surface area contributed by atoms with Crippen molar-refractivity contribution in [2.75, 3.05) is 23.7 Å². The minimum Gasteiger partial charge on any atom is -0.399 e. The van der Waals surface area contributed by atoms with Crippen LogP contribution in [0.1, 0.15) is 32.3 Å². The lowest BCUT2D eigenvalue weighted by atomic mass is 9.95. The molecule has 0 aliphatic carbocycles. The lowest BCUT2D eigenvalue weighted by Gasteiger charge is -2.33. The van der Waals surface area contributed by atoms with Crippen molar-refractivity contribution in [1.82, 2.24) is 0 Å². The SMILES string of the molecule is CCc1ccc(N2CCC(C)CC2)c(-c2ccc(N)cc2)c1. The van der Waals surface area contributed by atoms with Crippen molar-refractivity contribution in [3.8, 4) is 11.1 Å². The minimum atomic E-state index is 0.823. The second kappa shape index (κ2) is 6.43. The maximum Gasteiger partial charge on any atom is 0.0446 e. The van der Waals surface area contributed by atoms with E-state index in [9.17, 15) is 0 Å². The third-order valence-electron chi connectivity index (χ3n) is 4.82. The highest BCUT2D eigenvalue weighted by Crippen LogP contribution is 2.34. The zero-order valence-corrected chi connectivity index (χ0v) is 13.7. The molecule has 0 radical (unpaired) electrons. The van der Waals surface area contributed by atoms with Gasteiger partial charge < -0.3 is 10.6 Å². The molecule has 0 atom stereocenters. The molecule has 2 aromatic rings. The van der Waals surface area contributed by atoms with Gasteiger partial charge >= 0.3 is 0 Å². The molecule has 2 N–H and O–H groups in total. The fourth-order valence-electron chi connectivity index (χ4n) is 3.22. The highest BCUT2D eigenvalue weighted by molar-refractivity contribution is 5.80. The van der Waals surface area contributed by atoms with Crippen LogP contribution in [0.5, 0.6) is 0 Å². The molecule has 116 valence electrons. The predicted molar refractivity (Wildman–Crippen MR) is 96.3 cm³/mol. The number of aryl methyl sites for hydroxylation is 1. The number of anilines is 2. The fraction of sp³-hybridized carbons (Fsp3) is 0.400. The van der Waals surface area contributed by atoms with E-state index in [4.69, 9.17) is 5.73 Å². The summed E-state index contributed by atoms with van der Waals surface area (Å²) in [5.41, 5.74) is 12.0. The van der Waals surface area contributed by atoms with Crippen molar-refractivity contribution in [2.45, 2.75) is 33.1 Å². The standard InChI is InChI=1S/C20H26N2/c1-3-16-4-9-20(22-12-10-15(2)11-13-22)19(14-16)17-5-7-18(21)8-6-17/h4-9,14-15H,3,10-13,21H2,1-2H3. The van der Waals surface area contributed by atoms with Crippen LogP contribution in [0.4, 0.5) is 11.4 Å². The zero-order chi connectivity index (χ0) is 15.5. The monoisotopic (exact) mass is 294 g/mol. The van der Waals surface area contributed by atoms with Crippen LogP contribution >= 0.6 is 0 Å². The van der Waals surface area contributed by atoms with Crippen LogP contribution in [0.2, 0.25) is 0 Å². The molecule has 2 nitrogen and oxygen atoms in total. The van der Waals surface area contributed by atoms with Gasteiger partial charge in [-0.25, -0.2) is 0 Å². The average molecular weight is 294 g/mol. The molecule has 1 aliphatic rings. The van der Waals surface area contributed by atoms with Crippen molar-refractivity contribution in [1.29, 1.82) is 0 Å². The van der Waals surface area contributed by atoms with Gasteiger partial charge in [-0.1, -0.05) is 32.0 Å². The maximum atomic E-state index is 5.85. The van der Waals surface area contributed by atoms with E-state index in [0.717, 1.165) is 31.1 Å². The highest BCUT2D eigenvalue weighted by Gasteiger charge is 2.19. The van der Waals surface area contributed by atoms with Crippen molar-refractivity contribution >= 4 is 11.4 Å². The van der Waals surface area contributed by atoms with E-state index in [1.165, 1.54) is 35.2 Å². The van der Waals surface area contributed by atoms with Crippen LogP contribution in [0.25, 0.3) is 11.1 Å². The minimum absolute atomic E-state index is 0.823. The van der Waals surface area contributed by atoms with Gasteiger partial charge in [-0.05, 0) is 60.6 Å². The number of hydrogen-bond acceptors (Lipinski definition) is 2. The number of nitrogens with two attached hydrogens (primary N) is 1. The Kier molecular flexibility index (Phi) is 4.37. The Hall–Kier alpha value is -1.96. The van der Waals surface area contributed by atoms with Crippen molar-refractivity contribution in [3.05, 3.63) is 48.0 Å². The molecule has 1 fully saturated rings. The largest absolute Gasteiger partial charge is 0.399 e. The Morgan fingerprint density at radius 2 is 1.73 bits per heavy atom. The number of benzene rings is 2. The Morgan fingerprint density at radius 1 is 1.05 bits per heavy atom. The molecule has 0 aromatic heterocycles. The summed E-state index contributed by atoms with van der Waals surface area (Å²) in [4.78, 5) is 2.55. The molecule has 2 aromatic carbocycles. The molecule has 0 spiro atoms. The van der Waals surface area contributed by atoms with E-state index in [0.29, 0.717) is 0 Å². The van der Waals surface area contributed by atoms with E-state index in [1.807, 2.05) is 12.1 Å². The summed E-state index contributed by atoms with van der Waals surface area (Å²) in [7, 11) is 0. The van der Waals surface area contributed by atoms with Gasteiger partial charge in [0.1, 0.15) is 0 Å². The molecule has 1 heterocycles. The van der Waals surface area contributed by atoms with Crippen LogP contribution in [0.15, 0.2) is 42.5 Å². The Bertz CT molecular complexity index is 623. The summed E-state index contributed by atoms with van der Waals surface area (Å²) in [6.07, 6.45) is 3.65. The first kappa shape index (κ1) is 15.0. The van der Waals surface area contributed by atoms with Gasteiger partial charge in [0, 0.05) is 30.0 Å². The number of rotatable bonds is 3. The maximum absolute atomic E-state index is 5.85. The lowest BCUT2D eigenvalue weighted by Crippen LogP contribution is -2.33. The third-order valence-corrected chi connectivity index (χ3v) is 4.82. The quantitative estimate of drug-likeness (QED) is 0.829. The molecule has 0 unspecified atom stereocenters. The van der Waals surface area contributed by atoms with Gasteiger partial charge in [-0.15, -0.1) is 0 Å². The molecule has 2 heteroatoms. The predicted octanol–water partition coefficient (Wildman–Crippen LogP) is 4.73. The Labute approximate surface area is 134 Å². The van der Waals surface area contributed by atoms with E-state index < -0.39 is 0 Å². The Morgan fingerprint density at radius 3 is 2.36 bits per heavy atom. The Balaban J connectivity index is 2.00. The highest BCUT2D eigenvalue weighted by atomic mass is 15.1. The first-order chi connectivity index (χ1) is 10.7. The zero-order valence-electron chi connectivity index (χ0n) is 13.7. The summed E-state index contributed by atoms with van der Waals surface area (Å²) in [6, 6.07) is 15.2. The summed E-state index contributed by atoms with van der Waals surface area (Å²) >= 11 is 0. The van der Waals surface area contributed by atoms with Crippen LogP contribution < -0.4 is 10.6 Å². The normalized spacial score (nSPS) is 16.0. The first-order valence-corrected chi connectivity index (χ1v) is 8.41. The smallest absolute Gasteiger partial charge is 0.0446 e. The molecular formula is C20H26N2. The van der Waals surface area contributed by atoms with Crippen molar-refractivity contribution in [3.63, 3.8) is 0 Å². The summed E-state index contributed by atoms with van der Waals surface area (Å²) in [5.74, 6) is 0.853. The van der Waals surface area contributed by atoms with E-state index >= 15 is 0 Å². The van der Waals surface area contributed by atoms with E-state index in [-0.39, 0.29) is 0 Å². The first-order valence-electron chi connectivity index (χ1n) is 8.41. The van der Waals surface area contributed by atoms with Crippen LogP contribution in [-0.4, -0.2) is 13.1 Å². The molecule has 3 rings (SSSR count). The molecular weight excluding hydrogens is 268 g/mol. The molecule has 0 amide bonds. The average Bonchev–Trinajstić information content (AvgIpc) is 2.56. The number of nitrogens with zero attached hydrogens (tertiary/aromatic N) is 1. The fourth-order valence-corrected chi connectivity index (χ4v) is 3.22. The van der Waals surface area contributed by atoms with Gasteiger partial charge in [0.15, 0.2) is 0 Å². The molecule has 1 saturated heterocycles. The molecule has 22 heavy (non-hydrogen) atoms. The van der Waals surface area contributed by atoms with Crippen LogP contribution in [-0.2, 0) is 6.42 Å². The second-order valence-electron chi connectivity index (χ2n) is 6.50. The van der Waals surface area contributed by atoms with Gasteiger partial charge in [0.2, 0.25) is 0 Å². The molecule has 0 saturated carbocycles. The third kappa shape index (κ3) is 3.11. The van der Waals surface area contributed by atoms with Crippen molar-refractivity contribution < 1.29 is 0 Å². The van der Waals surface area contributed by atoms with Gasteiger partial charge in [0.25, 0.3) is 0 Å². The summed E-state index contributed by atoms with van der Waals surface area (Å²) in [5, 5.41) is 0. The lowest BCUT2D eigenvalue weighted by molar-refractivity contribution is 0.438.